The second-order valence-electron chi connectivity index (χ2n) is 6.40. The van der Waals surface area contributed by atoms with E-state index in [0.29, 0.717) is 12.0 Å². The molecule has 0 unspecified atom stereocenters. The van der Waals surface area contributed by atoms with Crippen LogP contribution in [-0.4, -0.2) is 34.1 Å². The first-order valence-electron chi connectivity index (χ1n) is 6.50. The smallest absolute Gasteiger partial charge is 0.324 e. The Morgan fingerprint density at radius 2 is 1.88 bits per heavy atom. The van der Waals surface area contributed by atoms with Crippen LogP contribution in [0.25, 0.3) is 0 Å². The van der Waals surface area contributed by atoms with Gasteiger partial charge in [0.05, 0.1) is 0 Å². The normalized spacial score (nSPS) is 38.9. The van der Waals surface area contributed by atoms with E-state index < -0.39 is 11.5 Å². The number of hydrogen-bond acceptors (Lipinski definition) is 2. The van der Waals surface area contributed by atoms with Crippen molar-refractivity contribution >= 4 is 5.97 Å². The van der Waals surface area contributed by atoms with E-state index in [2.05, 4.69) is 18.7 Å². The number of likely N-dealkylation sites (tertiary alicyclic amines) is 1. The molecule has 16 heavy (non-hydrogen) atoms. The van der Waals surface area contributed by atoms with Gasteiger partial charge in [0.1, 0.15) is 5.54 Å². The molecule has 3 aliphatic rings. The maximum Gasteiger partial charge on any atom is 0.324 e. The molecule has 0 radical (unpaired) electrons. The number of carboxylic acid groups (broad SMARTS) is 1. The first-order valence-corrected chi connectivity index (χ1v) is 6.50. The van der Waals surface area contributed by atoms with E-state index in [-0.39, 0.29) is 5.41 Å². The molecule has 3 heteroatoms. The van der Waals surface area contributed by atoms with Gasteiger partial charge in [-0.1, -0.05) is 13.8 Å². The van der Waals surface area contributed by atoms with E-state index in [9.17, 15) is 9.90 Å². The fraction of sp³-hybridized carbons (Fsp3) is 0.923. The number of hydrogen-bond donors (Lipinski definition) is 1. The predicted octanol–water partition coefficient (Wildman–Crippen LogP) is 2.11. The Labute approximate surface area is 96.8 Å². The molecule has 1 saturated heterocycles. The van der Waals surface area contributed by atoms with E-state index >= 15 is 0 Å². The Balaban J connectivity index is 2.04. The summed E-state index contributed by atoms with van der Waals surface area (Å²) in [5.41, 5.74) is -0.614. The van der Waals surface area contributed by atoms with Gasteiger partial charge in [0.25, 0.3) is 0 Å². The highest BCUT2D eigenvalue weighted by Gasteiger charge is 2.68. The zero-order chi connectivity index (χ0) is 11.6. The molecule has 2 aliphatic carbocycles. The van der Waals surface area contributed by atoms with Gasteiger partial charge < -0.3 is 5.11 Å². The molecule has 0 aromatic heterocycles. The minimum atomic E-state index is -0.565. The van der Waals surface area contributed by atoms with Gasteiger partial charge in [-0.05, 0) is 43.4 Å². The average molecular weight is 223 g/mol. The van der Waals surface area contributed by atoms with Crippen molar-refractivity contribution in [2.75, 3.05) is 6.54 Å². The molecule has 90 valence electrons. The third-order valence-electron chi connectivity index (χ3n) is 4.94. The van der Waals surface area contributed by atoms with Gasteiger partial charge in [-0.3, -0.25) is 9.69 Å². The highest BCUT2D eigenvalue weighted by molar-refractivity contribution is 5.82. The number of rotatable bonds is 3. The van der Waals surface area contributed by atoms with Crippen molar-refractivity contribution in [3.8, 4) is 0 Å². The van der Waals surface area contributed by atoms with Crippen molar-refractivity contribution in [1.82, 2.24) is 4.90 Å². The van der Waals surface area contributed by atoms with Gasteiger partial charge >= 0.3 is 5.97 Å². The molecule has 1 atom stereocenters. The Hall–Kier alpha value is -0.570. The SMILES string of the molecule is CC1(C)CCN(C2CC2)[C@@]1(C(=O)O)C1CC1. The summed E-state index contributed by atoms with van der Waals surface area (Å²) in [7, 11) is 0. The van der Waals surface area contributed by atoms with Gasteiger partial charge in [0.15, 0.2) is 0 Å². The van der Waals surface area contributed by atoms with Crippen molar-refractivity contribution in [1.29, 1.82) is 0 Å². The standard InChI is InChI=1S/C13H21NO2/c1-12(2)7-8-14(10-5-6-10)13(12,11(15)16)9-3-4-9/h9-10H,3-8H2,1-2H3,(H,15,16)/t13-/m1/s1. The summed E-state index contributed by atoms with van der Waals surface area (Å²) in [4.78, 5) is 14.3. The molecule has 0 amide bonds. The number of aliphatic carboxylic acids is 1. The lowest BCUT2D eigenvalue weighted by molar-refractivity contribution is -0.158. The summed E-state index contributed by atoms with van der Waals surface area (Å²) in [6, 6.07) is 0.568. The molecule has 0 aromatic carbocycles. The first kappa shape index (κ1) is 10.6. The Kier molecular flexibility index (Phi) is 1.99. The van der Waals surface area contributed by atoms with Crippen LogP contribution in [0.1, 0.15) is 46.0 Å². The Morgan fingerprint density at radius 1 is 1.25 bits per heavy atom. The average Bonchev–Trinajstić information content (AvgIpc) is 3.03. The largest absolute Gasteiger partial charge is 0.480 e. The topological polar surface area (TPSA) is 40.5 Å². The first-order chi connectivity index (χ1) is 7.50. The lowest BCUT2D eigenvalue weighted by Crippen LogP contribution is -2.60. The zero-order valence-electron chi connectivity index (χ0n) is 10.2. The molecule has 0 aromatic rings. The molecule has 0 bridgehead atoms. The fourth-order valence-electron chi connectivity index (χ4n) is 3.89. The van der Waals surface area contributed by atoms with Gasteiger partial charge in [-0.2, -0.15) is 0 Å². The van der Waals surface area contributed by atoms with Crippen LogP contribution in [-0.2, 0) is 4.79 Å². The monoisotopic (exact) mass is 223 g/mol. The Morgan fingerprint density at radius 3 is 2.31 bits per heavy atom. The van der Waals surface area contributed by atoms with Gasteiger partial charge in [-0.15, -0.1) is 0 Å². The van der Waals surface area contributed by atoms with E-state index in [0.717, 1.165) is 25.8 Å². The molecular formula is C13H21NO2. The quantitative estimate of drug-likeness (QED) is 0.796. The zero-order valence-corrected chi connectivity index (χ0v) is 10.2. The third-order valence-corrected chi connectivity index (χ3v) is 4.94. The van der Waals surface area contributed by atoms with E-state index in [1.807, 2.05) is 0 Å². The summed E-state index contributed by atoms with van der Waals surface area (Å²) < 4.78 is 0. The van der Waals surface area contributed by atoms with Crippen molar-refractivity contribution in [2.24, 2.45) is 11.3 Å². The molecular weight excluding hydrogens is 202 g/mol. The van der Waals surface area contributed by atoms with Crippen LogP contribution in [0.15, 0.2) is 0 Å². The highest BCUT2D eigenvalue weighted by atomic mass is 16.4. The van der Waals surface area contributed by atoms with Crippen LogP contribution >= 0.6 is 0 Å². The summed E-state index contributed by atoms with van der Waals surface area (Å²) in [6.07, 6.45) is 5.67. The molecule has 2 saturated carbocycles. The molecule has 1 aliphatic heterocycles. The van der Waals surface area contributed by atoms with Crippen LogP contribution in [0, 0.1) is 11.3 Å². The lowest BCUT2D eigenvalue weighted by Gasteiger charge is -2.44. The fourth-order valence-corrected chi connectivity index (χ4v) is 3.89. The van der Waals surface area contributed by atoms with E-state index in [1.54, 1.807) is 0 Å². The number of carboxylic acids is 1. The number of nitrogens with zero attached hydrogens (tertiary/aromatic N) is 1. The van der Waals surface area contributed by atoms with Crippen LogP contribution in [0.3, 0.4) is 0 Å². The molecule has 3 nitrogen and oxygen atoms in total. The second kappa shape index (κ2) is 3.00. The van der Waals surface area contributed by atoms with Crippen LogP contribution in [0.5, 0.6) is 0 Å². The van der Waals surface area contributed by atoms with E-state index in [1.165, 1.54) is 12.8 Å². The summed E-state index contributed by atoms with van der Waals surface area (Å²) in [6.45, 7) is 5.30. The van der Waals surface area contributed by atoms with Gasteiger partial charge in [-0.25, -0.2) is 0 Å². The molecule has 1 heterocycles. The Bertz CT molecular complexity index is 331. The lowest BCUT2D eigenvalue weighted by atomic mass is 9.69. The van der Waals surface area contributed by atoms with Crippen LogP contribution in [0.4, 0.5) is 0 Å². The molecule has 3 rings (SSSR count). The summed E-state index contributed by atoms with van der Waals surface area (Å²) in [5.74, 6) is -0.160. The maximum atomic E-state index is 11.9. The summed E-state index contributed by atoms with van der Waals surface area (Å²) >= 11 is 0. The van der Waals surface area contributed by atoms with Crippen molar-refractivity contribution in [3.63, 3.8) is 0 Å². The molecule has 1 N–H and O–H groups in total. The van der Waals surface area contributed by atoms with Crippen molar-refractivity contribution in [2.45, 2.75) is 57.5 Å². The number of carbonyl (C=O) groups is 1. The van der Waals surface area contributed by atoms with Crippen molar-refractivity contribution < 1.29 is 9.90 Å². The van der Waals surface area contributed by atoms with Gasteiger partial charge in [0.2, 0.25) is 0 Å². The van der Waals surface area contributed by atoms with Crippen LogP contribution in [0.2, 0.25) is 0 Å². The van der Waals surface area contributed by atoms with E-state index in [4.69, 9.17) is 0 Å². The highest BCUT2D eigenvalue weighted by Crippen LogP contribution is 2.59. The molecule has 0 spiro atoms. The minimum absolute atomic E-state index is 0.0669. The van der Waals surface area contributed by atoms with Crippen LogP contribution < -0.4 is 0 Å². The maximum absolute atomic E-state index is 11.9. The van der Waals surface area contributed by atoms with Crippen molar-refractivity contribution in [3.05, 3.63) is 0 Å². The molecule has 3 fully saturated rings. The van der Waals surface area contributed by atoms with Gasteiger partial charge in [0, 0.05) is 12.6 Å². The summed E-state index contributed by atoms with van der Waals surface area (Å²) in [5, 5.41) is 9.82. The minimum Gasteiger partial charge on any atom is -0.480 e. The second-order valence-corrected chi connectivity index (χ2v) is 6.40. The third kappa shape index (κ3) is 1.15. The predicted molar refractivity (Wildman–Crippen MR) is 61.2 cm³/mol.